The lowest BCUT2D eigenvalue weighted by Crippen LogP contribution is -2.07. The summed E-state index contributed by atoms with van der Waals surface area (Å²) in [6.45, 7) is 2.03. The maximum Gasteiger partial charge on any atom is 0.416 e. The summed E-state index contributed by atoms with van der Waals surface area (Å²) in [5, 5.41) is 0. The molecule has 1 heterocycles. The molecule has 1 atom stereocenters. The quantitative estimate of drug-likeness (QED) is 0.851. The van der Waals surface area contributed by atoms with Crippen LogP contribution >= 0.6 is 11.3 Å². The maximum absolute atomic E-state index is 12.6. The molecule has 0 saturated heterocycles. The number of alkyl halides is 3. The van der Waals surface area contributed by atoms with E-state index in [0.717, 1.165) is 23.4 Å². The number of thiophene rings is 1. The van der Waals surface area contributed by atoms with Crippen LogP contribution < -0.4 is 5.73 Å². The summed E-state index contributed by atoms with van der Waals surface area (Å²) in [4.78, 5) is 2.36. The average molecular weight is 333 g/mol. The predicted octanol–water partition coefficient (Wildman–Crippen LogP) is 4.22. The van der Waals surface area contributed by atoms with Crippen LogP contribution in [0.1, 0.15) is 22.2 Å². The molecule has 0 aliphatic heterocycles. The zero-order chi connectivity index (χ0) is 15.6. The fourth-order valence-electron chi connectivity index (χ4n) is 1.83. The summed E-state index contributed by atoms with van der Waals surface area (Å²) in [6.07, 6.45) is -3.54. The van der Waals surface area contributed by atoms with Gasteiger partial charge in [-0.25, -0.2) is 0 Å². The number of hydrogen-bond donors (Lipinski definition) is 1. The van der Waals surface area contributed by atoms with Crippen molar-refractivity contribution in [1.82, 2.24) is 0 Å². The topological polar surface area (TPSA) is 43.1 Å². The average Bonchev–Trinajstić information content (AvgIpc) is 2.85. The van der Waals surface area contributed by atoms with Crippen LogP contribution in [0.4, 0.5) is 18.9 Å². The van der Waals surface area contributed by atoms with Crippen molar-refractivity contribution in [2.45, 2.75) is 30.2 Å². The van der Waals surface area contributed by atoms with Crippen LogP contribution in [0.2, 0.25) is 0 Å². The van der Waals surface area contributed by atoms with Crippen molar-refractivity contribution in [2.75, 3.05) is 5.73 Å². The monoisotopic (exact) mass is 333 g/mol. The van der Waals surface area contributed by atoms with Gasteiger partial charge < -0.3 is 5.73 Å². The normalized spacial score (nSPS) is 13.3. The molecular formula is C14H14F3NOS2. The second-order valence-corrected chi connectivity index (χ2v) is 7.13. The van der Waals surface area contributed by atoms with E-state index >= 15 is 0 Å². The first-order valence-electron chi connectivity index (χ1n) is 6.24. The molecule has 0 radical (unpaired) electrons. The van der Waals surface area contributed by atoms with Gasteiger partial charge in [0.15, 0.2) is 0 Å². The number of aryl methyl sites for hydroxylation is 1. The highest BCUT2D eigenvalue weighted by Crippen LogP contribution is 2.32. The van der Waals surface area contributed by atoms with Gasteiger partial charge in [0.25, 0.3) is 0 Å². The third kappa shape index (κ3) is 3.85. The number of hydrogen-bond acceptors (Lipinski definition) is 3. The molecule has 0 amide bonds. The molecule has 114 valence electrons. The highest BCUT2D eigenvalue weighted by Gasteiger charge is 2.31. The van der Waals surface area contributed by atoms with Crippen LogP contribution in [-0.2, 0) is 29.1 Å². The smallest absolute Gasteiger partial charge is 0.398 e. The molecule has 7 heteroatoms. The first-order valence-corrected chi connectivity index (χ1v) is 8.37. The Balaban J connectivity index is 2.19. The van der Waals surface area contributed by atoms with Crippen molar-refractivity contribution in [3.63, 3.8) is 0 Å². The van der Waals surface area contributed by atoms with E-state index in [4.69, 9.17) is 5.73 Å². The molecule has 21 heavy (non-hydrogen) atoms. The summed E-state index contributed by atoms with van der Waals surface area (Å²) >= 11 is 1.56. The molecule has 2 N–H and O–H groups in total. The fourth-order valence-corrected chi connectivity index (χ4v) is 4.19. The predicted molar refractivity (Wildman–Crippen MR) is 79.7 cm³/mol. The number of nitrogen functional groups attached to an aromatic ring is 1. The van der Waals surface area contributed by atoms with Gasteiger partial charge in [0.05, 0.1) is 27.0 Å². The Kier molecular flexibility index (Phi) is 4.73. The van der Waals surface area contributed by atoms with E-state index in [-0.39, 0.29) is 16.3 Å². The molecule has 1 aromatic heterocycles. The lowest BCUT2D eigenvalue weighted by atomic mass is 10.2. The van der Waals surface area contributed by atoms with Gasteiger partial charge >= 0.3 is 6.18 Å². The molecule has 1 unspecified atom stereocenters. The summed E-state index contributed by atoms with van der Waals surface area (Å²) in [5.74, 6) is 0.264. The Labute approximate surface area is 127 Å². The number of rotatable bonds is 4. The summed E-state index contributed by atoms with van der Waals surface area (Å²) < 4.78 is 49.9. The van der Waals surface area contributed by atoms with Crippen LogP contribution in [0.25, 0.3) is 0 Å². The zero-order valence-corrected chi connectivity index (χ0v) is 12.9. The first kappa shape index (κ1) is 16.0. The van der Waals surface area contributed by atoms with Gasteiger partial charge in [0, 0.05) is 15.4 Å². The van der Waals surface area contributed by atoms with E-state index in [0.29, 0.717) is 0 Å². The van der Waals surface area contributed by atoms with E-state index in [1.807, 2.05) is 19.1 Å². The highest BCUT2D eigenvalue weighted by atomic mass is 32.2. The van der Waals surface area contributed by atoms with Crippen LogP contribution in [0.15, 0.2) is 35.2 Å². The molecule has 0 aliphatic carbocycles. The van der Waals surface area contributed by atoms with Gasteiger partial charge in [-0.2, -0.15) is 13.2 Å². The molecule has 1 aromatic carbocycles. The van der Waals surface area contributed by atoms with Gasteiger partial charge in [-0.15, -0.1) is 11.3 Å². The third-order valence-corrected chi connectivity index (χ3v) is 5.77. The van der Waals surface area contributed by atoms with Crippen LogP contribution in [0.5, 0.6) is 0 Å². The van der Waals surface area contributed by atoms with Crippen molar-refractivity contribution < 1.29 is 17.4 Å². The lowest BCUT2D eigenvalue weighted by molar-refractivity contribution is -0.137. The summed E-state index contributed by atoms with van der Waals surface area (Å²) in [5.41, 5.74) is 4.70. The molecule has 2 aromatic rings. The second kappa shape index (κ2) is 6.19. The van der Waals surface area contributed by atoms with Gasteiger partial charge in [-0.05, 0) is 36.8 Å². The number of halogens is 3. The minimum atomic E-state index is -4.45. The zero-order valence-electron chi connectivity index (χ0n) is 11.2. The van der Waals surface area contributed by atoms with Gasteiger partial charge in [0.2, 0.25) is 0 Å². The van der Waals surface area contributed by atoms with Crippen LogP contribution in [-0.4, -0.2) is 4.21 Å². The van der Waals surface area contributed by atoms with Crippen molar-refractivity contribution in [3.8, 4) is 0 Å². The molecule has 0 fully saturated rings. The van der Waals surface area contributed by atoms with E-state index < -0.39 is 22.5 Å². The van der Waals surface area contributed by atoms with E-state index in [2.05, 4.69) is 0 Å². The lowest BCUT2D eigenvalue weighted by Gasteiger charge is -2.10. The van der Waals surface area contributed by atoms with E-state index in [1.54, 1.807) is 11.3 Å². The summed E-state index contributed by atoms with van der Waals surface area (Å²) in [6, 6.07) is 6.80. The van der Waals surface area contributed by atoms with Gasteiger partial charge in [-0.1, -0.05) is 6.92 Å². The Hall–Kier alpha value is -1.34. The SMILES string of the molecule is CCc1ccc(CS(=O)c2ccc(C(F)(F)F)cc2N)s1. The minimum Gasteiger partial charge on any atom is -0.398 e. The van der Waals surface area contributed by atoms with E-state index in [9.17, 15) is 17.4 Å². The number of benzene rings is 1. The van der Waals surface area contributed by atoms with Crippen molar-refractivity contribution in [1.29, 1.82) is 0 Å². The molecular weight excluding hydrogens is 319 g/mol. The Morgan fingerprint density at radius 2 is 1.86 bits per heavy atom. The molecule has 0 bridgehead atoms. The van der Waals surface area contributed by atoms with Crippen LogP contribution in [0.3, 0.4) is 0 Å². The minimum absolute atomic E-state index is 0.0876. The molecule has 0 spiro atoms. The number of anilines is 1. The molecule has 0 aliphatic rings. The Bertz CT molecular complexity index is 664. The standard InChI is InChI=1S/C14H14F3NOS2/c1-2-10-4-5-11(20-10)8-21(19)13-6-3-9(7-12(13)18)14(15,16)17/h3-7H,2,8,18H2,1H3. The van der Waals surface area contributed by atoms with Gasteiger partial charge in [0.1, 0.15) is 0 Å². The Morgan fingerprint density at radius 1 is 1.19 bits per heavy atom. The number of nitrogens with two attached hydrogens (primary N) is 1. The Morgan fingerprint density at radius 3 is 2.38 bits per heavy atom. The second-order valence-electron chi connectivity index (χ2n) is 4.46. The van der Waals surface area contributed by atoms with Gasteiger partial charge in [-0.3, -0.25) is 4.21 Å². The van der Waals surface area contributed by atoms with Crippen molar-refractivity contribution >= 4 is 27.8 Å². The maximum atomic E-state index is 12.6. The van der Waals surface area contributed by atoms with Crippen molar-refractivity contribution in [3.05, 3.63) is 45.6 Å². The van der Waals surface area contributed by atoms with E-state index in [1.165, 1.54) is 10.9 Å². The highest BCUT2D eigenvalue weighted by molar-refractivity contribution is 7.84. The molecule has 2 rings (SSSR count). The largest absolute Gasteiger partial charge is 0.416 e. The fraction of sp³-hybridized carbons (Fsp3) is 0.286. The third-order valence-electron chi connectivity index (χ3n) is 2.92. The summed E-state index contributed by atoms with van der Waals surface area (Å²) in [7, 11) is -1.45. The first-order chi connectivity index (χ1) is 9.81. The van der Waals surface area contributed by atoms with Crippen molar-refractivity contribution in [2.24, 2.45) is 0 Å². The molecule has 0 saturated carbocycles. The van der Waals surface area contributed by atoms with Crippen LogP contribution in [0, 0.1) is 0 Å². The molecule has 2 nitrogen and oxygen atoms in total.